The first kappa shape index (κ1) is 38.9. The normalized spacial score (nSPS) is 17.0. The third-order valence-electron chi connectivity index (χ3n) is 6.73. The van der Waals surface area contributed by atoms with Crippen molar-refractivity contribution >= 4 is 81.0 Å². The molecule has 17 nitrogen and oxygen atoms in total. The van der Waals surface area contributed by atoms with Gasteiger partial charge in [-0.25, -0.2) is 9.97 Å². The van der Waals surface area contributed by atoms with Gasteiger partial charge in [0.2, 0.25) is 11.5 Å². The summed E-state index contributed by atoms with van der Waals surface area (Å²) in [4.78, 5) is 72.7. The van der Waals surface area contributed by atoms with Crippen molar-refractivity contribution in [1.82, 2.24) is 39.1 Å². The van der Waals surface area contributed by atoms with E-state index in [9.17, 15) is 29.4 Å². The number of thioether (sulfide) groups is 2. The quantitative estimate of drug-likeness (QED) is 0.0448. The number of carboxylic acid groups (broad SMARTS) is 2. The Morgan fingerprint density at radius 1 is 1.22 bits per heavy atom. The molecule has 2 atom stereocenters. The van der Waals surface area contributed by atoms with Crippen LogP contribution in [-0.4, -0.2) is 93.3 Å². The first-order valence-electron chi connectivity index (χ1n) is 13.3. The Bertz CT molecular complexity index is 1950. The second-order valence-corrected chi connectivity index (χ2v) is 13.8. The summed E-state index contributed by atoms with van der Waals surface area (Å²) in [5, 5.41) is 29.7. The summed E-state index contributed by atoms with van der Waals surface area (Å²) in [5.41, 5.74) is 7.06. The Hall–Kier alpha value is -2.86. The second-order valence-electron chi connectivity index (χ2n) is 9.68. The molecule has 242 valence electrons. The van der Waals surface area contributed by atoms with Crippen molar-refractivity contribution < 1.29 is 93.3 Å². The zero-order valence-corrected chi connectivity index (χ0v) is 33.2. The van der Waals surface area contributed by atoms with E-state index in [1.807, 2.05) is 6.07 Å². The van der Waals surface area contributed by atoms with E-state index in [0.717, 1.165) is 45.1 Å². The van der Waals surface area contributed by atoms with E-state index in [1.54, 1.807) is 35.6 Å². The van der Waals surface area contributed by atoms with E-state index in [1.165, 1.54) is 18.9 Å². The van der Waals surface area contributed by atoms with E-state index in [4.69, 9.17) is 10.6 Å². The van der Waals surface area contributed by atoms with Crippen LogP contribution in [0.1, 0.15) is 21.2 Å². The van der Waals surface area contributed by atoms with Crippen LogP contribution in [0.15, 0.2) is 57.8 Å². The number of pyridine rings is 1. The van der Waals surface area contributed by atoms with Gasteiger partial charge in [0.25, 0.3) is 11.8 Å². The van der Waals surface area contributed by atoms with Crippen molar-refractivity contribution in [1.29, 1.82) is 0 Å². The number of nitrogens with two attached hydrogens (primary N) is 1. The average molecular weight is 759 g/mol. The van der Waals surface area contributed by atoms with Gasteiger partial charge in [0.1, 0.15) is 18.5 Å². The van der Waals surface area contributed by atoms with Gasteiger partial charge in [-0.3, -0.25) is 19.5 Å². The number of carboxylic acids is 2. The Morgan fingerprint density at radius 3 is 2.67 bits per heavy atom. The molecule has 2 aliphatic heterocycles. The fraction of sp³-hybridized carbons (Fsp3) is 0.231. The van der Waals surface area contributed by atoms with E-state index in [2.05, 4.69) is 34.8 Å². The molecule has 2 amide bonds. The fourth-order valence-electron chi connectivity index (χ4n) is 4.69. The predicted octanol–water partition coefficient (Wildman–Crippen LogP) is -7.20. The predicted molar refractivity (Wildman–Crippen MR) is 167 cm³/mol. The summed E-state index contributed by atoms with van der Waals surface area (Å²) >= 11 is 4.11. The van der Waals surface area contributed by atoms with Gasteiger partial charge in [-0.05, 0) is 17.7 Å². The number of anilines is 1. The number of nitrogen functional groups attached to an aromatic ring is 1. The monoisotopic (exact) mass is 758 g/mol. The number of nitrogens with zero attached hydrogens (tertiary/aromatic N) is 8. The van der Waals surface area contributed by atoms with Crippen LogP contribution < -0.4 is 80.4 Å². The molecule has 6 heterocycles. The van der Waals surface area contributed by atoms with Gasteiger partial charge in [0.05, 0.1) is 46.8 Å². The zero-order valence-electron chi connectivity index (χ0n) is 25.9. The molecular formula is C26H20N10Na2O7S4. The molecule has 0 aliphatic carbocycles. The summed E-state index contributed by atoms with van der Waals surface area (Å²) in [7, 11) is 1.22. The van der Waals surface area contributed by atoms with Gasteiger partial charge in [0, 0.05) is 47.2 Å². The number of imidazole rings is 1. The third kappa shape index (κ3) is 8.38. The maximum Gasteiger partial charge on any atom is 1.00 e. The molecule has 0 unspecified atom stereocenters. The van der Waals surface area contributed by atoms with Crippen LogP contribution in [0.3, 0.4) is 0 Å². The summed E-state index contributed by atoms with van der Waals surface area (Å²) in [6, 6.07) is 2.56. The maximum atomic E-state index is 13.1. The van der Waals surface area contributed by atoms with Crippen LogP contribution in [0.2, 0.25) is 0 Å². The van der Waals surface area contributed by atoms with E-state index < -0.39 is 35.2 Å². The number of hydrogen-bond donors (Lipinski definition) is 2. The van der Waals surface area contributed by atoms with Gasteiger partial charge in [-0.15, -0.1) is 23.1 Å². The molecule has 0 spiro atoms. The minimum absolute atomic E-state index is 0. The Balaban J connectivity index is 0.00000270. The van der Waals surface area contributed by atoms with Crippen molar-refractivity contribution in [2.24, 2.45) is 5.16 Å². The molecule has 0 saturated carbocycles. The summed E-state index contributed by atoms with van der Waals surface area (Å²) in [6.45, 7) is 0.107. The smallest absolute Gasteiger partial charge is 0.544 e. The molecule has 6 rings (SSSR count). The second kappa shape index (κ2) is 16.9. The van der Waals surface area contributed by atoms with Crippen molar-refractivity contribution in [3.8, 4) is 11.3 Å². The first-order chi connectivity index (χ1) is 22.6. The molecule has 4 aromatic rings. The van der Waals surface area contributed by atoms with Crippen molar-refractivity contribution in [2.45, 2.75) is 22.3 Å². The molecule has 1 saturated heterocycles. The molecule has 2 aliphatic rings. The Labute approximate surface area is 338 Å². The van der Waals surface area contributed by atoms with Crippen LogP contribution in [0.5, 0.6) is 0 Å². The van der Waals surface area contributed by atoms with Crippen molar-refractivity contribution in [3.05, 3.63) is 64.7 Å². The van der Waals surface area contributed by atoms with Gasteiger partial charge in [0.15, 0.2) is 9.47 Å². The number of carbonyl (C=O) groups excluding carboxylic acids is 4. The molecule has 3 N–H and O–H groups in total. The molecule has 23 heteroatoms. The molecule has 1 fully saturated rings. The van der Waals surface area contributed by atoms with Crippen LogP contribution in [0.4, 0.5) is 5.13 Å². The van der Waals surface area contributed by atoms with Crippen molar-refractivity contribution in [2.75, 3.05) is 24.3 Å². The van der Waals surface area contributed by atoms with Crippen LogP contribution >= 0.6 is 46.4 Å². The van der Waals surface area contributed by atoms with E-state index in [-0.39, 0.29) is 110 Å². The Morgan fingerprint density at radius 2 is 2.02 bits per heavy atom. The minimum Gasteiger partial charge on any atom is -0.544 e. The van der Waals surface area contributed by atoms with Crippen molar-refractivity contribution in [3.63, 3.8) is 0 Å². The number of aromatic carboxylic acids is 1. The molecule has 4 aromatic heterocycles. The standard InChI is InChI=1S/C26H22N10O7S4.2Na/c1-43-33-15(19-32-25(27)47-34-19)20(37)31-16-21(38)36-17(23(39)40)12(8-44-22(16)36)9-45-26-30-14(18(46-26)24(41)42)7-35-6-13(29-10-35)11-3-2-4-28-5-11;;/h2-6,10,16,22H,7-9H2,1H3,(H,31,37)(H,39,40)(H,41,42)(H2,27,32,34);;/q;2*+1/p-2/b33-15+;;/t16-,22-;;/m1../s1. The number of oxime groups is 1. The number of thiazole rings is 1. The zero-order chi connectivity index (χ0) is 33.2. The maximum absolute atomic E-state index is 13.1. The molecule has 0 aromatic carbocycles. The largest absolute Gasteiger partial charge is 1.00 e. The van der Waals surface area contributed by atoms with Crippen LogP contribution in [-0.2, 0) is 25.8 Å². The number of rotatable bonds is 12. The number of fused-ring (bicyclic) bond motifs is 1. The number of nitrogens with one attached hydrogen (secondary N) is 1. The molecule has 0 radical (unpaired) electrons. The molecule has 0 bridgehead atoms. The number of hydrogen-bond acceptors (Lipinski definition) is 18. The summed E-state index contributed by atoms with van der Waals surface area (Å²) in [5.74, 6) is -4.24. The number of β-lactam (4-membered cyclic amide) rings is 1. The Kier molecular flexibility index (Phi) is 13.4. The van der Waals surface area contributed by atoms with Crippen LogP contribution in [0, 0.1) is 0 Å². The number of amides is 2. The third-order valence-corrected chi connectivity index (χ3v) is 10.9. The number of carbonyl (C=O) groups is 4. The molecular weight excluding hydrogens is 739 g/mol. The average Bonchev–Trinajstić information content (AvgIpc) is 3.81. The van der Waals surface area contributed by atoms with Gasteiger partial charge in [-0.2, -0.15) is 9.36 Å². The summed E-state index contributed by atoms with van der Waals surface area (Å²) in [6.07, 6.45) is 6.60. The minimum atomic E-state index is -1.56. The van der Waals surface area contributed by atoms with Gasteiger partial charge < -0.3 is 40.3 Å². The topological polar surface area (TPSA) is 247 Å². The van der Waals surface area contributed by atoms with E-state index in [0.29, 0.717) is 15.6 Å². The number of aliphatic carboxylic acids is 1. The fourth-order valence-corrected chi connectivity index (χ4v) is 8.61. The van der Waals surface area contributed by atoms with E-state index >= 15 is 0 Å². The summed E-state index contributed by atoms with van der Waals surface area (Å²) < 4.78 is 5.99. The van der Waals surface area contributed by atoms with Gasteiger partial charge >= 0.3 is 59.1 Å². The molecule has 49 heavy (non-hydrogen) atoms. The first-order valence-corrected chi connectivity index (χ1v) is 16.9. The number of aromatic nitrogens is 6. The van der Waals surface area contributed by atoms with Gasteiger partial charge in [-0.1, -0.05) is 16.9 Å². The SMILES string of the molecule is CO/N=C(/C(=O)N[C@@H]1C(=O)N2C(C(=O)[O-])=C(CSc3nc(Cn4cnc(-c5cccnc5)c4)c(C(=O)[O-])s3)CS[C@H]12)c1nsc(N)n1.[Na+].[Na+]. The van der Waals surface area contributed by atoms with Crippen LogP contribution in [0.25, 0.3) is 11.3 Å².